The highest BCUT2D eigenvalue weighted by molar-refractivity contribution is 5.76. The lowest BCUT2D eigenvalue weighted by Crippen LogP contribution is -2.13. The summed E-state index contributed by atoms with van der Waals surface area (Å²) in [4.78, 5) is 0. The van der Waals surface area contributed by atoms with E-state index < -0.39 is 0 Å². The Labute approximate surface area is 162 Å². The lowest BCUT2D eigenvalue weighted by Gasteiger charge is -2.20. The van der Waals surface area contributed by atoms with Gasteiger partial charge in [0.1, 0.15) is 5.58 Å². The third-order valence-electron chi connectivity index (χ3n) is 5.13. The molecule has 1 heteroatoms. The molecule has 0 saturated heterocycles. The molecule has 27 heavy (non-hydrogen) atoms. The molecule has 0 saturated carbocycles. The third kappa shape index (κ3) is 5.86. The van der Waals surface area contributed by atoms with Crippen molar-refractivity contribution in [2.45, 2.75) is 26.7 Å². The predicted octanol–water partition coefficient (Wildman–Crippen LogP) is 7.18. The first-order chi connectivity index (χ1) is 13.2. The summed E-state index contributed by atoms with van der Waals surface area (Å²) in [5.41, 5.74) is 3.85. The van der Waals surface area contributed by atoms with Crippen molar-refractivity contribution in [1.29, 1.82) is 0 Å². The van der Waals surface area contributed by atoms with Crippen LogP contribution in [0.2, 0.25) is 0 Å². The van der Waals surface area contributed by atoms with Crippen LogP contribution in [0, 0.1) is 11.8 Å². The van der Waals surface area contributed by atoms with Crippen LogP contribution >= 0.6 is 0 Å². The molecule has 0 bridgehead atoms. The molecule has 0 radical (unpaired) electrons. The minimum atomic E-state index is 0.715. The molecule has 0 spiro atoms. The van der Waals surface area contributed by atoms with Crippen molar-refractivity contribution >= 4 is 11.0 Å². The van der Waals surface area contributed by atoms with E-state index in [0.717, 1.165) is 11.0 Å². The van der Waals surface area contributed by atoms with Gasteiger partial charge >= 0.3 is 0 Å². The summed E-state index contributed by atoms with van der Waals surface area (Å²) in [7, 11) is 0. The summed E-state index contributed by atoms with van der Waals surface area (Å²) < 4.78 is 5.12. The molecule has 1 aromatic heterocycles. The van der Waals surface area contributed by atoms with Crippen LogP contribution in [-0.2, 0) is 12.8 Å². The first-order valence-electron chi connectivity index (χ1n) is 9.72. The van der Waals surface area contributed by atoms with Gasteiger partial charge in [-0.3, -0.25) is 0 Å². The Morgan fingerprint density at radius 2 is 1.07 bits per heavy atom. The summed E-state index contributed by atoms with van der Waals surface area (Å²) in [6.07, 6.45) is 4.05. The number of hydrogen-bond acceptors (Lipinski definition) is 1. The zero-order chi connectivity index (χ0) is 18.9. The van der Waals surface area contributed by atoms with Gasteiger partial charge in [0.05, 0.1) is 6.26 Å². The van der Waals surface area contributed by atoms with Gasteiger partial charge in [-0.05, 0) is 47.9 Å². The number of hydrogen-bond donors (Lipinski definition) is 0. The van der Waals surface area contributed by atoms with E-state index >= 15 is 0 Å². The quantitative estimate of drug-likeness (QED) is 0.369. The van der Waals surface area contributed by atoms with Crippen LogP contribution in [0.4, 0.5) is 0 Å². The fourth-order valence-electron chi connectivity index (χ4n) is 3.28. The first-order valence-corrected chi connectivity index (χ1v) is 9.72. The molecule has 0 aliphatic heterocycles. The molecule has 0 amide bonds. The topological polar surface area (TPSA) is 13.1 Å². The molecular weight excluding hydrogens is 328 g/mol. The first kappa shape index (κ1) is 19.0. The van der Waals surface area contributed by atoms with Crippen molar-refractivity contribution in [3.8, 4) is 0 Å². The van der Waals surface area contributed by atoms with Gasteiger partial charge in [-0.1, -0.05) is 92.7 Å². The number of para-hydroxylation sites is 1. The number of rotatable bonds is 5. The fraction of sp³-hybridized carbons (Fsp3) is 0.231. The Bertz CT molecular complexity index is 833. The Balaban J connectivity index is 0.000000193. The number of fused-ring (bicyclic) bond motifs is 1. The highest BCUT2D eigenvalue weighted by Gasteiger charge is 2.13. The molecule has 1 heterocycles. The van der Waals surface area contributed by atoms with E-state index in [1.807, 2.05) is 30.3 Å². The second-order valence-electron chi connectivity index (χ2n) is 7.29. The smallest absolute Gasteiger partial charge is 0.133 e. The van der Waals surface area contributed by atoms with Crippen LogP contribution in [0.5, 0.6) is 0 Å². The Morgan fingerprint density at radius 3 is 1.59 bits per heavy atom. The molecular formula is C26H28O. The minimum absolute atomic E-state index is 0.715. The van der Waals surface area contributed by atoms with E-state index in [4.69, 9.17) is 4.42 Å². The molecule has 1 nitrogen and oxygen atoms in total. The molecule has 0 aliphatic carbocycles. The van der Waals surface area contributed by atoms with Gasteiger partial charge < -0.3 is 4.42 Å². The summed E-state index contributed by atoms with van der Waals surface area (Å²) in [5.74, 6) is 1.43. The van der Waals surface area contributed by atoms with Gasteiger partial charge in [-0.15, -0.1) is 0 Å². The third-order valence-corrected chi connectivity index (χ3v) is 5.13. The minimum Gasteiger partial charge on any atom is -0.464 e. The van der Waals surface area contributed by atoms with Gasteiger partial charge in [0.15, 0.2) is 0 Å². The standard InChI is InChI=1S/C18H22.C8H6O/c1-15(13-17-9-5-3-6-10-17)16(2)14-18-11-7-4-8-12-18;1-2-4-8-7(3-1)5-6-9-8/h3-12,15-16H,13-14H2,1-2H3;1-6H. The largest absolute Gasteiger partial charge is 0.464 e. The van der Waals surface area contributed by atoms with E-state index in [-0.39, 0.29) is 0 Å². The maximum Gasteiger partial charge on any atom is 0.133 e. The molecule has 2 unspecified atom stereocenters. The average Bonchev–Trinajstić information content (AvgIpc) is 3.19. The summed E-state index contributed by atoms with van der Waals surface area (Å²) in [6, 6.07) is 31.5. The van der Waals surface area contributed by atoms with E-state index in [9.17, 15) is 0 Å². The van der Waals surface area contributed by atoms with Crippen LogP contribution in [-0.4, -0.2) is 0 Å². The molecule has 2 atom stereocenters. The van der Waals surface area contributed by atoms with Crippen LogP contribution < -0.4 is 0 Å². The van der Waals surface area contributed by atoms with Crippen molar-refractivity contribution < 1.29 is 4.42 Å². The van der Waals surface area contributed by atoms with Crippen molar-refractivity contribution in [3.05, 3.63) is 108 Å². The Hall–Kier alpha value is -2.80. The number of furan rings is 1. The van der Waals surface area contributed by atoms with Gasteiger partial charge in [-0.25, -0.2) is 0 Å². The second kappa shape index (κ2) is 9.78. The lowest BCUT2D eigenvalue weighted by molar-refractivity contribution is 0.383. The summed E-state index contributed by atoms with van der Waals surface area (Å²) in [5, 5.41) is 1.16. The fourth-order valence-corrected chi connectivity index (χ4v) is 3.28. The molecule has 0 fully saturated rings. The zero-order valence-electron chi connectivity index (χ0n) is 16.2. The van der Waals surface area contributed by atoms with Crippen LogP contribution in [0.1, 0.15) is 25.0 Å². The average molecular weight is 357 g/mol. The van der Waals surface area contributed by atoms with E-state index in [0.29, 0.717) is 11.8 Å². The van der Waals surface area contributed by atoms with E-state index in [1.54, 1.807) is 6.26 Å². The van der Waals surface area contributed by atoms with Crippen LogP contribution in [0.3, 0.4) is 0 Å². The Morgan fingerprint density at radius 1 is 0.593 bits per heavy atom. The monoisotopic (exact) mass is 356 g/mol. The maximum atomic E-state index is 5.12. The lowest BCUT2D eigenvalue weighted by atomic mass is 9.85. The highest BCUT2D eigenvalue weighted by atomic mass is 16.3. The zero-order valence-corrected chi connectivity index (χ0v) is 16.2. The van der Waals surface area contributed by atoms with Crippen molar-refractivity contribution in [1.82, 2.24) is 0 Å². The predicted molar refractivity (Wildman–Crippen MR) is 115 cm³/mol. The molecule has 138 valence electrons. The SMILES string of the molecule is CC(Cc1ccccc1)C(C)Cc1ccccc1.c1ccc2occc2c1. The van der Waals surface area contributed by atoms with Gasteiger partial charge in [0, 0.05) is 5.39 Å². The number of benzene rings is 3. The van der Waals surface area contributed by atoms with E-state index in [2.05, 4.69) is 74.5 Å². The normalized spacial score (nSPS) is 12.8. The van der Waals surface area contributed by atoms with Gasteiger partial charge in [-0.2, -0.15) is 0 Å². The van der Waals surface area contributed by atoms with Crippen LogP contribution in [0.15, 0.2) is 102 Å². The highest BCUT2D eigenvalue weighted by Crippen LogP contribution is 2.21. The van der Waals surface area contributed by atoms with Crippen molar-refractivity contribution in [3.63, 3.8) is 0 Å². The van der Waals surface area contributed by atoms with Crippen molar-refractivity contribution in [2.24, 2.45) is 11.8 Å². The molecule has 0 N–H and O–H groups in total. The molecule has 0 aliphatic rings. The van der Waals surface area contributed by atoms with Crippen molar-refractivity contribution in [2.75, 3.05) is 0 Å². The van der Waals surface area contributed by atoms with Crippen LogP contribution in [0.25, 0.3) is 11.0 Å². The second-order valence-corrected chi connectivity index (χ2v) is 7.29. The molecule has 3 aromatic carbocycles. The molecule has 4 rings (SSSR count). The summed E-state index contributed by atoms with van der Waals surface area (Å²) >= 11 is 0. The molecule has 4 aromatic rings. The van der Waals surface area contributed by atoms with Gasteiger partial charge in [0.2, 0.25) is 0 Å². The summed E-state index contributed by atoms with van der Waals surface area (Å²) in [6.45, 7) is 4.72. The van der Waals surface area contributed by atoms with E-state index in [1.165, 1.54) is 24.0 Å². The Kier molecular flexibility index (Phi) is 6.87. The van der Waals surface area contributed by atoms with Gasteiger partial charge in [0.25, 0.3) is 0 Å². The maximum absolute atomic E-state index is 5.12.